The van der Waals surface area contributed by atoms with Gasteiger partial charge in [-0.2, -0.15) is 18.3 Å². The Morgan fingerprint density at radius 2 is 1.75 bits per heavy atom. The average Bonchev–Trinajstić information content (AvgIpc) is 3.05. The van der Waals surface area contributed by atoms with Crippen molar-refractivity contribution in [2.75, 3.05) is 11.1 Å². The van der Waals surface area contributed by atoms with Crippen molar-refractivity contribution in [2.45, 2.75) is 6.18 Å². The van der Waals surface area contributed by atoms with Gasteiger partial charge in [-0.1, -0.05) is 35.3 Å². The molecule has 11 heteroatoms. The van der Waals surface area contributed by atoms with Crippen molar-refractivity contribution in [3.05, 3.63) is 69.7 Å². The summed E-state index contributed by atoms with van der Waals surface area (Å²) in [5.41, 5.74) is 2.98. The van der Waals surface area contributed by atoms with E-state index in [4.69, 9.17) is 28.9 Å². The third-order valence-corrected chi connectivity index (χ3v) is 4.33. The normalized spacial score (nSPS) is 11.5. The van der Waals surface area contributed by atoms with Crippen LogP contribution in [0.3, 0.4) is 0 Å². The van der Waals surface area contributed by atoms with Crippen LogP contribution in [0.1, 0.15) is 16.1 Å². The molecule has 2 aromatic carbocycles. The number of rotatable bonds is 3. The number of carbonyl (C=O) groups excluding carboxylic acids is 1. The van der Waals surface area contributed by atoms with Gasteiger partial charge < -0.3 is 11.1 Å². The van der Waals surface area contributed by atoms with E-state index in [1.807, 2.05) is 0 Å². The van der Waals surface area contributed by atoms with Gasteiger partial charge in [0.1, 0.15) is 11.5 Å². The molecule has 3 rings (SSSR count). The Kier molecular flexibility index (Phi) is 5.22. The molecule has 3 N–H and O–H groups in total. The van der Waals surface area contributed by atoms with Crippen LogP contribution in [0, 0.1) is 5.82 Å². The fourth-order valence-corrected chi connectivity index (χ4v) is 2.94. The summed E-state index contributed by atoms with van der Waals surface area (Å²) in [4.78, 5) is 12.4. The molecule has 1 heterocycles. The van der Waals surface area contributed by atoms with Gasteiger partial charge in [0.25, 0.3) is 5.91 Å². The Morgan fingerprint density at radius 1 is 1.14 bits per heavy atom. The summed E-state index contributed by atoms with van der Waals surface area (Å²) in [5.74, 6) is -2.06. The number of hydrogen-bond donors (Lipinski definition) is 2. The standard InChI is InChI=1S/C17H10Cl2F4N4O/c18-10-5-8(6-11(19)14(10)24)26-16(28)9-7-25-27(15(9)17(21,22)23)13-4-2-1-3-12(13)20/h1-7H,24H2,(H,26,28). The van der Waals surface area contributed by atoms with Crippen LogP contribution in [-0.2, 0) is 6.18 Å². The number of aromatic nitrogens is 2. The largest absolute Gasteiger partial charge is 0.434 e. The Bertz CT molecular complexity index is 1040. The lowest BCUT2D eigenvalue weighted by molar-refractivity contribution is -0.143. The van der Waals surface area contributed by atoms with Gasteiger partial charge in [-0.15, -0.1) is 0 Å². The molecular formula is C17H10Cl2F4N4O. The maximum Gasteiger partial charge on any atom is 0.434 e. The van der Waals surface area contributed by atoms with Gasteiger partial charge >= 0.3 is 6.18 Å². The van der Waals surface area contributed by atoms with Gasteiger partial charge in [0, 0.05) is 5.69 Å². The number of alkyl halides is 3. The Hall–Kier alpha value is -2.78. The van der Waals surface area contributed by atoms with Crippen LogP contribution in [0.5, 0.6) is 0 Å². The van der Waals surface area contributed by atoms with E-state index in [1.54, 1.807) is 0 Å². The Labute approximate surface area is 165 Å². The van der Waals surface area contributed by atoms with E-state index in [0.717, 1.165) is 12.1 Å². The number of carbonyl (C=O) groups is 1. The molecule has 0 aliphatic heterocycles. The first-order valence-corrected chi connectivity index (χ1v) is 8.31. The second-order valence-corrected chi connectivity index (χ2v) is 6.39. The summed E-state index contributed by atoms with van der Waals surface area (Å²) in [5, 5.41) is 5.83. The molecule has 28 heavy (non-hydrogen) atoms. The molecule has 0 bridgehead atoms. The predicted octanol–water partition coefficient (Wildman–Crippen LogP) is 5.17. The molecule has 0 atom stereocenters. The van der Waals surface area contributed by atoms with Gasteiger partial charge in [0.15, 0.2) is 5.69 Å². The summed E-state index contributed by atoms with van der Waals surface area (Å²) in [6.07, 6.45) is -4.28. The number of benzene rings is 2. The van der Waals surface area contributed by atoms with Crippen molar-refractivity contribution in [2.24, 2.45) is 0 Å². The highest BCUT2D eigenvalue weighted by Crippen LogP contribution is 2.35. The van der Waals surface area contributed by atoms with E-state index in [-0.39, 0.29) is 21.4 Å². The number of amides is 1. The van der Waals surface area contributed by atoms with Gasteiger partial charge in [0.2, 0.25) is 0 Å². The van der Waals surface area contributed by atoms with Crippen molar-refractivity contribution >= 4 is 40.5 Å². The zero-order chi connectivity index (χ0) is 20.6. The predicted molar refractivity (Wildman–Crippen MR) is 97.4 cm³/mol. The zero-order valence-electron chi connectivity index (χ0n) is 13.7. The van der Waals surface area contributed by atoms with E-state index in [0.29, 0.717) is 10.9 Å². The lowest BCUT2D eigenvalue weighted by atomic mass is 10.2. The van der Waals surface area contributed by atoms with Crippen LogP contribution in [0.2, 0.25) is 10.0 Å². The molecule has 0 fully saturated rings. The highest BCUT2D eigenvalue weighted by Gasteiger charge is 2.41. The van der Waals surface area contributed by atoms with Crippen LogP contribution in [0.25, 0.3) is 5.69 Å². The van der Waals surface area contributed by atoms with E-state index >= 15 is 0 Å². The maximum atomic E-state index is 14.0. The first-order chi connectivity index (χ1) is 13.1. The van der Waals surface area contributed by atoms with E-state index in [1.165, 1.54) is 24.3 Å². The highest BCUT2D eigenvalue weighted by atomic mass is 35.5. The lowest BCUT2D eigenvalue weighted by Crippen LogP contribution is -2.21. The zero-order valence-corrected chi connectivity index (χ0v) is 15.2. The summed E-state index contributed by atoms with van der Waals surface area (Å²) in [6, 6.07) is 7.22. The SMILES string of the molecule is Nc1c(Cl)cc(NC(=O)c2cnn(-c3ccccc3F)c2C(F)(F)F)cc1Cl. The molecule has 0 radical (unpaired) electrons. The molecule has 3 aromatic rings. The van der Waals surface area contributed by atoms with E-state index < -0.39 is 34.8 Å². The minimum atomic E-state index is -4.98. The van der Waals surface area contributed by atoms with Crippen molar-refractivity contribution in [1.82, 2.24) is 9.78 Å². The highest BCUT2D eigenvalue weighted by molar-refractivity contribution is 6.39. The number of anilines is 2. The lowest BCUT2D eigenvalue weighted by Gasteiger charge is -2.13. The van der Waals surface area contributed by atoms with Crippen molar-refractivity contribution in [3.63, 3.8) is 0 Å². The number of nitrogen functional groups attached to an aromatic ring is 1. The molecule has 0 spiro atoms. The van der Waals surface area contributed by atoms with E-state index in [9.17, 15) is 22.4 Å². The summed E-state index contributed by atoms with van der Waals surface area (Å²) >= 11 is 11.7. The number of hydrogen-bond acceptors (Lipinski definition) is 3. The topological polar surface area (TPSA) is 72.9 Å². The fourth-order valence-electron chi connectivity index (χ4n) is 2.45. The fraction of sp³-hybridized carbons (Fsp3) is 0.0588. The smallest absolute Gasteiger partial charge is 0.396 e. The monoisotopic (exact) mass is 432 g/mol. The van der Waals surface area contributed by atoms with Crippen LogP contribution in [0.4, 0.5) is 28.9 Å². The molecule has 5 nitrogen and oxygen atoms in total. The number of halogens is 6. The first kappa shape index (κ1) is 20.0. The molecule has 1 amide bonds. The second kappa shape index (κ2) is 7.33. The van der Waals surface area contributed by atoms with Gasteiger partial charge in [-0.25, -0.2) is 9.07 Å². The molecule has 0 aliphatic carbocycles. The van der Waals surface area contributed by atoms with Crippen LogP contribution < -0.4 is 11.1 Å². The quantitative estimate of drug-likeness (QED) is 0.442. The van der Waals surface area contributed by atoms with Gasteiger partial charge in [0.05, 0.1) is 27.5 Å². The molecular weight excluding hydrogens is 423 g/mol. The number of nitrogens with zero attached hydrogens (tertiary/aromatic N) is 2. The Balaban J connectivity index is 2.05. The average molecular weight is 433 g/mol. The van der Waals surface area contributed by atoms with Gasteiger partial charge in [-0.3, -0.25) is 4.79 Å². The number of nitrogens with one attached hydrogen (secondary N) is 1. The summed E-state index contributed by atoms with van der Waals surface area (Å²) < 4.78 is 55.1. The summed E-state index contributed by atoms with van der Waals surface area (Å²) in [7, 11) is 0. The third-order valence-electron chi connectivity index (χ3n) is 3.70. The number of nitrogens with two attached hydrogens (primary N) is 1. The molecule has 0 unspecified atom stereocenters. The Morgan fingerprint density at radius 3 is 2.32 bits per heavy atom. The molecule has 1 aromatic heterocycles. The second-order valence-electron chi connectivity index (χ2n) is 5.58. The molecule has 0 saturated carbocycles. The van der Waals surface area contributed by atoms with E-state index in [2.05, 4.69) is 10.4 Å². The van der Waals surface area contributed by atoms with Crippen LogP contribution in [0.15, 0.2) is 42.6 Å². The van der Waals surface area contributed by atoms with Gasteiger partial charge in [-0.05, 0) is 24.3 Å². The van der Waals surface area contributed by atoms with Crippen LogP contribution in [-0.4, -0.2) is 15.7 Å². The third kappa shape index (κ3) is 3.76. The minimum Gasteiger partial charge on any atom is -0.396 e. The molecule has 146 valence electrons. The van der Waals surface area contributed by atoms with Crippen molar-refractivity contribution in [3.8, 4) is 5.69 Å². The number of para-hydroxylation sites is 1. The molecule has 0 saturated heterocycles. The van der Waals surface area contributed by atoms with Crippen LogP contribution >= 0.6 is 23.2 Å². The van der Waals surface area contributed by atoms with Crippen molar-refractivity contribution < 1.29 is 22.4 Å². The maximum absolute atomic E-state index is 14.0. The molecule has 0 aliphatic rings. The van der Waals surface area contributed by atoms with Crippen molar-refractivity contribution in [1.29, 1.82) is 0 Å². The minimum absolute atomic E-state index is 0.0147. The first-order valence-electron chi connectivity index (χ1n) is 7.55. The summed E-state index contributed by atoms with van der Waals surface area (Å²) in [6.45, 7) is 0.